The lowest BCUT2D eigenvalue weighted by Crippen LogP contribution is -2.03. The summed E-state index contributed by atoms with van der Waals surface area (Å²) in [5.74, 6) is 0.511. The van der Waals surface area contributed by atoms with Crippen molar-refractivity contribution in [2.24, 2.45) is 0 Å². The summed E-state index contributed by atoms with van der Waals surface area (Å²) < 4.78 is 15.3. The van der Waals surface area contributed by atoms with Gasteiger partial charge in [0.25, 0.3) is 0 Å². The summed E-state index contributed by atoms with van der Waals surface area (Å²) in [5, 5.41) is 2.99. The van der Waals surface area contributed by atoms with E-state index in [1.165, 1.54) is 6.07 Å². The first-order valence-corrected chi connectivity index (χ1v) is 5.12. The van der Waals surface area contributed by atoms with E-state index in [4.69, 9.17) is 0 Å². The molecule has 0 unspecified atom stereocenters. The highest BCUT2D eigenvalue weighted by molar-refractivity contribution is 5.47. The molecular weight excluding hydrogens is 205 g/mol. The molecule has 0 spiro atoms. The lowest BCUT2D eigenvalue weighted by atomic mass is 10.2. The Balaban J connectivity index is 2.62. The van der Waals surface area contributed by atoms with Gasteiger partial charge in [-0.15, -0.1) is 0 Å². The zero-order chi connectivity index (χ0) is 11.7. The van der Waals surface area contributed by atoms with Gasteiger partial charge in [-0.25, -0.2) is 9.37 Å². The summed E-state index contributed by atoms with van der Waals surface area (Å²) in [6, 6.07) is 5.04. The van der Waals surface area contributed by atoms with Gasteiger partial charge in [-0.3, -0.25) is 4.57 Å². The maximum absolute atomic E-state index is 13.5. The molecule has 2 aromatic rings. The number of aromatic nitrogens is 2. The van der Waals surface area contributed by atoms with E-state index in [0.717, 1.165) is 11.4 Å². The lowest BCUT2D eigenvalue weighted by Gasteiger charge is -2.10. The molecule has 1 N–H and O–H groups in total. The van der Waals surface area contributed by atoms with Crippen LogP contribution < -0.4 is 5.32 Å². The molecule has 84 valence electrons. The minimum atomic E-state index is -0.203. The molecule has 0 aliphatic rings. The van der Waals surface area contributed by atoms with E-state index in [1.54, 1.807) is 20.0 Å². The molecule has 0 amide bonds. The Morgan fingerprint density at radius 2 is 2.06 bits per heavy atom. The van der Waals surface area contributed by atoms with Crippen LogP contribution in [0.15, 0.2) is 24.4 Å². The van der Waals surface area contributed by atoms with Crippen molar-refractivity contribution < 1.29 is 4.39 Å². The fourth-order valence-electron chi connectivity index (χ4n) is 1.71. The second-order valence-electron chi connectivity index (χ2n) is 3.71. The van der Waals surface area contributed by atoms with Crippen LogP contribution in [0.3, 0.4) is 0 Å². The van der Waals surface area contributed by atoms with Crippen LogP contribution >= 0.6 is 0 Å². The number of halogens is 1. The fourth-order valence-corrected chi connectivity index (χ4v) is 1.71. The molecule has 4 heteroatoms. The Morgan fingerprint density at radius 3 is 2.75 bits per heavy atom. The third-order valence-corrected chi connectivity index (χ3v) is 2.55. The normalized spacial score (nSPS) is 10.5. The standard InChI is InChI=1S/C12H14FN3/c1-8-7-16(12(14-3)15-8)11-6-4-5-10(13)9(11)2/h4-7H,1-3H3,(H,14,15). The van der Waals surface area contributed by atoms with Crippen molar-refractivity contribution in [1.29, 1.82) is 0 Å². The second-order valence-corrected chi connectivity index (χ2v) is 3.71. The summed E-state index contributed by atoms with van der Waals surface area (Å²) in [6.45, 7) is 3.67. The Morgan fingerprint density at radius 1 is 1.31 bits per heavy atom. The van der Waals surface area contributed by atoms with Crippen LogP contribution in [0.4, 0.5) is 10.3 Å². The quantitative estimate of drug-likeness (QED) is 0.841. The monoisotopic (exact) mass is 219 g/mol. The number of nitrogens with one attached hydrogen (secondary N) is 1. The molecule has 0 aliphatic heterocycles. The number of benzene rings is 1. The Bertz CT molecular complexity index is 517. The highest BCUT2D eigenvalue weighted by atomic mass is 19.1. The predicted molar refractivity (Wildman–Crippen MR) is 62.5 cm³/mol. The number of nitrogens with zero attached hydrogens (tertiary/aromatic N) is 2. The molecule has 0 fully saturated rings. The zero-order valence-corrected chi connectivity index (χ0v) is 9.58. The maximum atomic E-state index is 13.5. The van der Waals surface area contributed by atoms with E-state index in [2.05, 4.69) is 10.3 Å². The fraction of sp³-hybridized carbons (Fsp3) is 0.250. The van der Waals surface area contributed by atoms with Crippen LogP contribution in [0.5, 0.6) is 0 Å². The molecule has 0 bridgehead atoms. The van der Waals surface area contributed by atoms with Gasteiger partial charge in [0.05, 0.1) is 11.4 Å². The van der Waals surface area contributed by atoms with Gasteiger partial charge in [0, 0.05) is 18.8 Å². The first-order chi connectivity index (χ1) is 7.63. The number of anilines is 1. The van der Waals surface area contributed by atoms with Crippen LogP contribution in [0.1, 0.15) is 11.3 Å². The van der Waals surface area contributed by atoms with Gasteiger partial charge in [0.2, 0.25) is 5.95 Å². The summed E-state index contributed by atoms with van der Waals surface area (Å²) in [7, 11) is 1.80. The third-order valence-electron chi connectivity index (χ3n) is 2.55. The average Bonchev–Trinajstić information content (AvgIpc) is 2.63. The van der Waals surface area contributed by atoms with Crippen molar-refractivity contribution in [3.05, 3.63) is 41.5 Å². The molecule has 3 nitrogen and oxygen atoms in total. The first kappa shape index (κ1) is 10.7. The number of rotatable bonds is 2. The minimum absolute atomic E-state index is 0.203. The molecule has 1 aromatic carbocycles. The summed E-state index contributed by atoms with van der Waals surface area (Å²) >= 11 is 0. The van der Waals surface area contributed by atoms with E-state index >= 15 is 0 Å². The van der Waals surface area contributed by atoms with Crippen molar-refractivity contribution in [2.75, 3.05) is 12.4 Å². The SMILES string of the molecule is CNc1nc(C)cn1-c1cccc(F)c1C. The maximum Gasteiger partial charge on any atom is 0.207 e. The van der Waals surface area contributed by atoms with Gasteiger partial charge in [-0.1, -0.05) is 6.07 Å². The van der Waals surface area contributed by atoms with Crippen LogP contribution in [0.25, 0.3) is 5.69 Å². The summed E-state index contributed by atoms with van der Waals surface area (Å²) in [4.78, 5) is 4.31. The van der Waals surface area contributed by atoms with E-state index in [0.29, 0.717) is 11.5 Å². The van der Waals surface area contributed by atoms with Crippen LogP contribution in [0, 0.1) is 19.7 Å². The van der Waals surface area contributed by atoms with Gasteiger partial charge >= 0.3 is 0 Å². The molecule has 0 atom stereocenters. The van der Waals surface area contributed by atoms with Crippen molar-refractivity contribution in [1.82, 2.24) is 9.55 Å². The van der Waals surface area contributed by atoms with Crippen molar-refractivity contribution in [2.45, 2.75) is 13.8 Å². The van der Waals surface area contributed by atoms with Crippen LogP contribution in [-0.2, 0) is 0 Å². The number of aryl methyl sites for hydroxylation is 1. The van der Waals surface area contributed by atoms with Crippen LogP contribution in [-0.4, -0.2) is 16.6 Å². The second kappa shape index (κ2) is 3.96. The average molecular weight is 219 g/mol. The van der Waals surface area contributed by atoms with Gasteiger partial charge in [0.15, 0.2) is 0 Å². The van der Waals surface area contributed by atoms with E-state index in [9.17, 15) is 4.39 Å². The van der Waals surface area contributed by atoms with Gasteiger partial charge in [-0.2, -0.15) is 0 Å². The predicted octanol–water partition coefficient (Wildman–Crippen LogP) is 2.67. The molecule has 2 rings (SSSR count). The molecule has 1 aromatic heterocycles. The molecule has 0 saturated heterocycles. The first-order valence-electron chi connectivity index (χ1n) is 5.12. The molecule has 1 heterocycles. The molecule has 0 aliphatic carbocycles. The van der Waals surface area contributed by atoms with E-state index < -0.39 is 0 Å². The van der Waals surface area contributed by atoms with Crippen molar-refractivity contribution in [3.8, 4) is 5.69 Å². The Labute approximate surface area is 93.9 Å². The number of hydrogen-bond acceptors (Lipinski definition) is 2. The molecular formula is C12H14FN3. The topological polar surface area (TPSA) is 29.9 Å². The van der Waals surface area contributed by atoms with Gasteiger partial charge in [-0.05, 0) is 26.0 Å². The van der Waals surface area contributed by atoms with E-state index in [-0.39, 0.29) is 5.82 Å². The zero-order valence-electron chi connectivity index (χ0n) is 9.58. The third kappa shape index (κ3) is 1.66. The minimum Gasteiger partial charge on any atom is -0.358 e. The Hall–Kier alpha value is -1.84. The number of imidazole rings is 1. The lowest BCUT2D eigenvalue weighted by molar-refractivity contribution is 0.617. The summed E-state index contributed by atoms with van der Waals surface area (Å²) in [6.07, 6.45) is 1.88. The van der Waals surface area contributed by atoms with Gasteiger partial charge in [0.1, 0.15) is 5.82 Å². The Kier molecular flexibility index (Phi) is 2.64. The molecule has 0 saturated carbocycles. The van der Waals surface area contributed by atoms with Crippen molar-refractivity contribution >= 4 is 5.95 Å². The van der Waals surface area contributed by atoms with E-state index in [1.807, 2.05) is 23.8 Å². The number of hydrogen-bond donors (Lipinski definition) is 1. The smallest absolute Gasteiger partial charge is 0.207 e. The molecule has 0 radical (unpaired) electrons. The molecule has 16 heavy (non-hydrogen) atoms. The largest absolute Gasteiger partial charge is 0.358 e. The highest BCUT2D eigenvalue weighted by Gasteiger charge is 2.10. The highest BCUT2D eigenvalue weighted by Crippen LogP contribution is 2.21. The van der Waals surface area contributed by atoms with Crippen molar-refractivity contribution in [3.63, 3.8) is 0 Å². The summed E-state index contributed by atoms with van der Waals surface area (Å²) in [5.41, 5.74) is 2.33. The van der Waals surface area contributed by atoms with Crippen LogP contribution in [0.2, 0.25) is 0 Å². The van der Waals surface area contributed by atoms with Gasteiger partial charge < -0.3 is 5.32 Å².